The maximum absolute atomic E-state index is 9.16. The predicted molar refractivity (Wildman–Crippen MR) is 77.8 cm³/mol. The van der Waals surface area contributed by atoms with E-state index >= 15 is 0 Å². The van der Waals surface area contributed by atoms with E-state index in [4.69, 9.17) is 14.7 Å². The summed E-state index contributed by atoms with van der Waals surface area (Å²) in [5.74, 6) is 1.73. The number of nitrogens with zero attached hydrogens (tertiary/aromatic N) is 1. The van der Waals surface area contributed by atoms with Gasteiger partial charge in [-0.1, -0.05) is 12.5 Å². The Bertz CT molecular complexity index is 496. The van der Waals surface area contributed by atoms with Crippen molar-refractivity contribution in [3.63, 3.8) is 0 Å². The van der Waals surface area contributed by atoms with E-state index in [0.717, 1.165) is 36.3 Å². The highest BCUT2D eigenvalue weighted by Crippen LogP contribution is 2.32. The third-order valence-corrected chi connectivity index (χ3v) is 4.05. The van der Waals surface area contributed by atoms with Gasteiger partial charge in [-0.05, 0) is 25.8 Å². The van der Waals surface area contributed by atoms with E-state index in [2.05, 4.69) is 18.3 Å². The Morgan fingerprint density at radius 1 is 1.30 bits per heavy atom. The molecule has 0 radical (unpaired) electrons. The first kappa shape index (κ1) is 14.7. The molecule has 1 aromatic carbocycles. The molecule has 1 aromatic rings. The first-order valence-electron chi connectivity index (χ1n) is 7.07. The lowest BCUT2D eigenvalue weighted by atomic mass is 10.0. The van der Waals surface area contributed by atoms with Gasteiger partial charge in [-0.3, -0.25) is 0 Å². The molecule has 0 amide bonds. The van der Waals surface area contributed by atoms with Crippen molar-refractivity contribution in [1.29, 1.82) is 5.26 Å². The van der Waals surface area contributed by atoms with Gasteiger partial charge < -0.3 is 14.8 Å². The lowest BCUT2D eigenvalue weighted by Gasteiger charge is -2.23. The van der Waals surface area contributed by atoms with Gasteiger partial charge >= 0.3 is 0 Å². The summed E-state index contributed by atoms with van der Waals surface area (Å²) in [6, 6.07) is 8.68. The van der Waals surface area contributed by atoms with Crippen LogP contribution in [0.4, 0.5) is 0 Å². The highest BCUT2D eigenvalue weighted by atomic mass is 16.5. The topological polar surface area (TPSA) is 54.3 Å². The smallest absolute Gasteiger partial charge is 0.127 e. The Labute approximate surface area is 120 Å². The number of nitrogens with one attached hydrogen (secondary N) is 1. The van der Waals surface area contributed by atoms with Crippen molar-refractivity contribution in [2.24, 2.45) is 5.92 Å². The molecule has 0 heterocycles. The summed E-state index contributed by atoms with van der Waals surface area (Å²) >= 11 is 0. The Hall–Kier alpha value is -1.73. The van der Waals surface area contributed by atoms with Gasteiger partial charge in [-0.25, -0.2) is 0 Å². The molecule has 2 rings (SSSR count). The van der Waals surface area contributed by atoms with E-state index in [-0.39, 0.29) is 18.0 Å². The highest BCUT2D eigenvalue weighted by molar-refractivity contribution is 5.42. The van der Waals surface area contributed by atoms with Crippen molar-refractivity contribution in [3.8, 4) is 17.6 Å². The molecule has 0 aliphatic heterocycles. The zero-order valence-electron chi connectivity index (χ0n) is 12.3. The SMILES string of the molecule is COc1ccc(C(C)NC2CCCC2C#N)c(OC)c1. The molecular weight excluding hydrogens is 252 g/mol. The summed E-state index contributed by atoms with van der Waals surface area (Å²) in [7, 11) is 3.31. The minimum atomic E-state index is 0.127. The third kappa shape index (κ3) is 3.05. The number of nitriles is 1. The molecule has 1 saturated carbocycles. The van der Waals surface area contributed by atoms with Crippen LogP contribution >= 0.6 is 0 Å². The molecule has 108 valence electrons. The zero-order valence-corrected chi connectivity index (χ0v) is 12.3. The van der Waals surface area contributed by atoms with Crippen LogP contribution in [0.2, 0.25) is 0 Å². The quantitative estimate of drug-likeness (QED) is 0.896. The summed E-state index contributed by atoms with van der Waals surface area (Å²) in [5.41, 5.74) is 1.09. The van der Waals surface area contributed by atoms with Crippen LogP contribution in [0.1, 0.15) is 37.8 Å². The first-order chi connectivity index (χ1) is 9.69. The fourth-order valence-electron chi connectivity index (χ4n) is 2.90. The van der Waals surface area contributed by atoms with Gasteiger partial charge in [0.05, 0.1) is 26.2 Å². The number of rotatable bonds is 5. The minimum Gasteiger partial charge on any atom is -0.497 e. The fourth-order valence-corrected chi connectivity index (χ4v) is 2.90. The van der Waals surface area contributed by atoms with Crippen molar-refractivity contribution in [3.05, 3.63) is 23.8 Å². The van der Waals surface area contributed by atoms with Gasteiger partial charge in [-0.15, -0.1) is 0 Å². The summed E-state index contributed by atoms with van der Waals surface area (Å²) in [6.45, 7) is 2.11. The maximum Gasteiger partial charge on any atom is 0.127 e. The van der Waals surface area contributed by atoms with Crippen LogP contribution < -0.4 is 14.8 Å². The number of methoxy groups -OCH3 is 2. The van der Waals surface area contributed by atoms with E-state index in [9.17, 15) is 0 Å². The lowest BCUT2D eigenvalue weighted by molar-refractivity contribution is 0.374. The number of benzene rings is 1. The molecule has 0 aromatic heterocycles. The first-order valence-corrected chi connectivity index (χ1v) is 7.07. The van der Waals surface area contributed by atoms with Gasteiger partial charge in [0.25, 0.3) is 0 Å². The average Bonchev–Trinajstić information content (AvgIpc) is 2.93. The Morgan fingerprint density at radius 3 is 2.75 bits per heavy atom. The second-order valence-electron chi connectivity index (χ2n) is 5.27. The molecule has 0 bridgehead atoms. The molecule has 1 aliphatic rings. The second-order valence-corrected chi connectivity index (χ2v) is 5.27. The average molecular weight is 274 g/mol. The number of hydrogen-bond donors (Lipinski definition) is 1. The van der Waals surface area contributed by atoms with E-state index in [0.29, 0.717) is 0 Å². The van der Waals surface area contributed by atoms with Gasteiger partial charge in [0.15, 0.2) is 0 Å². The van der Waals surface area contributed by atoms with E-state index < -0.39 is 0 Å². The number of ether oxygens (including phenoxy) is 2. The monoisotopic (exact) mass is 274 g/mol. The van der Waals surface area contributed by atoms with Crippen LogP contribution in [0.15, 0.2) is 18.2 Å². The molecule has 0 saturated heterocycles. The minimum absolute atomic E-state index is 0.127. The maximum atomic E-state index is 9.16. The normalized spacial score (nSPS) is 23.1. The zero-order chi connectivity index (χ0) is 14.5. The lowest BCUT2D eigenvalue weighted by Crippen LogP contribution is -2.34. The third-order valence-electron chi connectivity index (χ3n) is 4.05. The van der Waals surface area contributed by atoms with E-state index in [1.54, 1.807) is 14.2 Å². The van der Waals surface area contributed by atoms with Crippen molar-refractivity contribution in [2.75, 3.05) is 14.2 Å². The van der Waals surface area contributed by atoms with Gasteiger partial charge in [0, 0.05) is 23.7 Å². The van der Waals surface area contributed by atoms with Crippen LogP contribution in [0, 0.1) is 17.2 Å². The molecule has 1 fully saturated rings. The Kier molecular flexibility index (Phi) is 4.86. The molecule has 3 atom stereocenters. The van der Waals surface area contributed by atoms with Crippen LogP contribution in [0.5, 0.6) is 11.5 Å². The van der Waals surface area contributed by atoms with Crippen molar-refractivity contribution < 1.29 is 9.47 Å². The fraction of sp³-hybridized carbons (Fsp3) is 0.562. The Morgan fingerprint density at radius 2 is 2.10 bits per heavy atom. The van der Waals surface area contributed by atoms with Crippen LogP contribution in [0.25, 0.3) is 0 Å². The predicted octanol–water partition coefficient (Wildman–Crippen LogP) is 3.05. The summed E-state index contributed by atoms with van der Waals surface area (Å²) in [6.07, 6.45) is 3.20. The van der Waals surface area contributed by atoms with Crippen LogP contribution in [-0.4, -0.2) is 20.3 Å². The molecule has 0 spiro atoms. The highest BCUT2D eigenvalue weighted by Gasteiger charge is 2.28. The van der Waals surface area contributed by atoms with E-state index in [1.165, 1.54) is 0 Å². The van der Waals surface area contributed by atoms with Crippen molar-refractivity contribution in [1.82, 2.24) is 5.32 Å². The molecule has 1 N–H and O–H groups in total. The molecule has 4 heteroatoms. The second kappa shape index (κ2) is 6.62. The van der Waals surface area contributed by atoms with Gasteiger partial charge in [0.1, 0.15) is 11.5 Å². The van der Waals surface area contributed by atoms with Gasteiger partial charge in [0.2, 0.25) is 0 Å². The number of hydrogen-bond acceptors (Lipinski definition) is 4. The van der Waals surface area contributed by atoms with E-state index in [1.807, 2.05) is 18.2 Å². The molecule has 1 aliphatic carbocycles. The molecule has 4 nitrogen and oxygen atoms in total. The molecular formula is C16H22N2O2. The van der Waals surface area contributed by atoms with Crippen LogP contribution in [-0.2, 0) is 0 Å². The largest absolute Gasteiger partial charge is 0.497 e. The summed E-state index contributed by atoms with van der Waals surface area (Å²) < 4.78 is 10.7. The summed E-state index contributed by atoms with van der Waals surface area (Å²) in [5, 5.41) is 12.7. The van der Waals surface area contributed by atoms with Crippen molar-refractivity contribution >= 4 is 0 Å². The molecule has 3 unspecified atom stereocenters. The summed E-state index contributed by atoms with van der Waals surface area (Å²) in [4.78, 5) is 0. The van der Waals surface area contributed by atoms with Gasteiger partial charge in [-0.2, -0.15) is 5.26 Å². The van der Waals surface area contributed by atoms with Crippen molar-refractivity contribution in [2.45, 2.75) is 38.3 Å². The molecule has 20 heavy (non-hydrogen) atoms. The van der Waals surface area contributed by atoms with Crippen LogP contribution in [0.3, 0.4) is 0 Å². The Balaban J connectivity index is 2.12. The standard InChI is InChI=1S/C16H22N2O2/c1-11(18-15-6-4-5-12(15)10-17)14-8-7-13(19-2)9-16(14)20-3/h7-9,11-12,15,18H,4-6H2,1-3H3.